The van der Waals surface area contributed by atoms with E-state index >= 15 is 0 Å². The Morgan fingerprint density at radius 1 is 1.17 bits per heavy atom. The first-order valence-corrected chi connectivity index (χ1v) is 11.8. The van der Waals surface area contributed by atoms with Crippen molar-refractivity contribution in [1.29, 1.82) is 0 Å². The number of hydrogen-bond acceptors (Lipinski definition) is 5. The predicted molar refractivity (Wildman–Crippen MR) is 124 cm³/mol. The van der Waals surface area contributed by atoms with Crippen LogP contribution in [0.25, 0.3) is 11.3 Å². The third-order valence-corrected chi connectivity index (χ3v) is 7.32. The summed E-state index contributed by atoms with van der Waals surface area (Å²) >= 11 is 3.02. The van der Waals surface area contributed by atoms with Crippen LogP contribution < -0.4 is 10.2 Å². The molecule has 2 amide bonds. The highest BCUT2D eigenvalue weighted by Gasteiger charge is 2.35. The molecule has 154 valence electrons. The zero-order valence-electron chi connectivity index (χ0n) is 17.1. The summed E-state index contributed by atoms with van der Waals surface area (Å²) in [7, 11) is 0. The van der Waals surface area contributed by atoms with Gasteiger partial charge in [-0.05, 0) is 43.4 Å². The van der Waals surface area contributed by atoms with Crippen molar-refractivity contribution in [3.8, 4) is 11.3 Å². The molecule has 0 radical (unpaired) electrons. The standard InChI is InChI=1S/C23H23N3O2S2/c1-14-9-10-18(11-15(14)2)26-13-17(12-19(26)27)21(28)25-22-20(24-23(29-3)30-22)16-7-5-4-6-8-16/h4-11,17H,12-13H2,1-3H3,(H,25,28). The Hall–Kier alpha value is -2.64. The van der Waals surface area contributed by atoms with Crippen molar-refractivity contribution in [2.45, 2.75) is 24.6 Å². The van der Waals surface area contributed by atoms with Gasteiger partial charge in [0.1, 0.15) is 10.7 Å². The molecule has 5 nitrogen and oxygen atoms in total. The fourth-order valence-corrected chi connectivity index (χ4v) is 4.99. The van der Waals surface area contributed by atoms with E-state index in [2.05, 4.69) is 10.3 Å². The number of thioether (sulfide) groups is 1. The van der Waals surface area contributed by atoms with Crippen LogP contribution in [-0.2, 0) is 9.59 Å². The third kappa shape index (κ3) is 4.13. The molecule has 2 aromatic carbocycles. The van der Waals surface area contributed by atoms with Gasteiger partial charge < -0.3 is 10.2 Å². The molecule has 7 heteroatoms. The van der Waals surface area contributed by atoms with Gasteiger partial charge in [0.05, 0.1) is 5.92 Å². The largest absolute Gasteiger partial charge is 0.316 e. The number of carbonyl (C=O) groups excluding carboxylic acids is 2. The van der Waals surface area contributed by atoms with Gasteiger partial charge in [-0.2, -0.15) is 0 Å². The zero-order chi connectivity index (χ0) is 21.3. The van der Waals surface area contributed by atoms with Crippen molar-refractivity contribution >= 4 is 45.6 Å². The Kier molecular flexibility index (Phi) is 5.92. The van der Waals surface area contributed by atoms with E-state index in [1.54, 1.807) is 16.7 Å². The lowest BCUT2D eigenvalue weighted by Crippen LogP contribution is -2.28. The fourth-order valence-electron chi connectivity index (χ4n) is 3.50. The Morgan fingerprint density at radius 2 is 1.93 bits per heavy atom. The lowest BCUT2D eigenvalue weighted by molar-refractivity contribution is -0.122. The van der Waals surface area contributed by atoms with E-state index in [4.69, 9.17) is 0 Å². The molecule has 1 atom stereocenters. The number of aromatic nitrogens is 1. The average Bonchev–Trinajstić information content (AvgIpc) is 3.34. The van der Waals surface area contributed by atoms with E-state index in [1.165, 1.54) is 16.9 Å². The van der Waals surface area contributed by atoms with Crippen LogP contribution in [0, 0.1) is 19.8 Å². The van der Waals surface area contributed by atoms with Crippen LogP contribution >= 0.6 is 23.1 Å². The third-order valence-electron chi connectivity index (χ3n) is 5.36. The van der Waals surface area contributed by atoms with Crippen molar-refractivity contribution in [2.75, 3.05) is 23.0 Å². The summed E-state index contributed by atoms with van der Waals surface area (Å²) in [5.41, 5.74) is 4.90. The lowest BCUT2D eigenvalue weighted by atomic mass is 10.1. The molecule has 1 N–H and O–H groups in total. The van der Waals surface area contributed by atoms with E-state index in [0.717, 1.165) is 31.8 Å². The summed E-state index contributed by atoms with van der Waals surface area (Å²) in [6.45, 7) is 4.47. The molecule has 2 heterocycles. The smallest absolute Gasteiger partial charge is 0.230 e. The minimum Gasteiger partial charge on any atom is -0.316 e. The molecular formula is C23H23N3O2S2. The van der Waals surface area contributed by atoms with Gasteiger partial charge in [0.2, 0.25) is 11.8 Å². The first-order valence-electron chi connectivity index (χ1n) is 9.75. The van der Waals surface area contributed by atoms with Gasteiger partial charge in [-0.25, -0.2) is 4.98 Å². The number of carbonyl (C=O) groups is 2. The van der Waals surface area contributed by atoms with Gasteiger partial charge in [-0.15, -0.1) is 0 Å². The van der Waals surface area contributed by atoms with E-state index in [-0.39, 0.29) is 24.2 Å². The molecule has 30 heavy (non-hydrogen) atoms. The normalized spacial score (nSPS) is 16.2. The highest BCUT2D eigenvalue weighted by atomic mass is 32.2. The molecule has 1 aromatic heterocycles. The highest BCUT2D eigenvalue weighted by Crippen LogP contribution is 2.37. The summed E-state index contributed by atoms with van der Waals surface area (Å²) in [6.07, 6.45) is 2.18. The van der Waals surface area contributed by atoms with Gasteiger partial charge in [-0.1, -0.05) is 59.5 Å². The van der Waals surface area contributed by atoms with E-state index in [0.29, 0.717) is 6.54 Å². The number of nitrogens with one attached hydrogen (secondary N) is 1. The first kappa shape index (κ1) is 20.6. The molecule has 1 fully saturated rings. The molecule has 0 saturated carbocycles. The second-order valence-corrected chi connectivity index (χ2v) is 9.44. The van der Waals surface area contributed by atoms with E-state index in [1.807, 2.05) is 68.6 Å². The van der Waals surface area contributed by atoms with Crippen molar-refractivity contribution in [1.82, 2.24) is 4.98 Å². The van der Waals surface area contributed by atoms with E-state index < -0.39 is 0 Å². The molecule has 0 aliphatic carbocycles. The fraction of sp³-hybridized carbons (Fsp3) is 0.261. The molecule has 0 spiro atoms. The van der Waals surface area contributed by atoms with Gasteiger partial charge in [0.25, 0.3) is 0 Å². The highest BCUT2D eigenvalue weighted by molar-refractivity contribution is 8.00. The number of rotatable bonds is 5. The number of hydrogen-bond donors (Lipinski definition) is 1. The maximum absolute atomic E-state index is 13.0. The number of nitrogens with zero attached hydrogens (tertiary/aromatic N) is 2. The Balaban J connectivity index is 1.53. The molecule has 1 aliphatic rings. The second-order valence-electron chi connectivity index (χ2n) is 7.39. The zero-order valence-corrected chi connectivity index (χ0v) is 18.8. The number of aryl methyl sites for hydroxylation is 2. The van der Waals surface area contributed by atoms with Crippen LogP contribution in [0.4, 0.5) is 10.7 Å². The van der Waals surface area contributed by atoms with Gasteiger partial charge in [-0.3, -0.25) is 9.59 Å². The van der Waals surface area contributed by atoms with E-state index in [9.17, 15) is 9.59 Å². The maximum Gasteiger partial charge on any atom is 0.230 e. The monoisotopic (exact) mass is 437 g/mol. The Labute approximate surface area is 184 Å². The van der Waals surface area contributed by atoms with Crippen LogP contribution in [0.1, 0.15) is 17.5 Å². The quantitative estimate of drug-likeness (QED) is 0.562. The average molecular weight is 438 g/mol. The summed E-state index contributed by atoms with van der Waals surface area (Å²) in [4.78, 5) is 32.0. The Bertz CT molecular complexity index is 1100. The Morgan fingerprint density at radius 3 is 2.63 bits per heavy atom. The SMILES string of the molecule is CSc1nc(-c2ccccc2)c(NC(=O)C2CC(=O)N(c3ccc(C)c(C)c3)C2)s1. The summed E-state index contributed by atoms with van der Waals surface area (Å²) in [6, 6.07) is 15.8. The molecule has 1 unspecified atom stereocenters. The molecule has 1 aliphatic heterocycles. The van der Waals surface area contributed by atoms with Gasteiger partial charge >= 0.3 is 0 Å². The van der Waals surface area contributed by atoms with Crippen molar-refractivity contribution in [3.63, 3.8) is 0 Å². The number of anilines is 2. The minimum atomic E-state index is -0.387. The maximum atomic E-state index is 13.0. The van der Waals surface area contributed by atoms with Crippen LogP contribution in [-0.4, -0.2) is 29.6 Å². The van der Waals surface area contributed by atoms with Crippen LogP contribution in [0.15, 0.2) is 52.9 Å². The first-order chi connectivity index (χ1) is 14.5. The van der Waals surface area contributed by atoms with Crippen LogP contribution in [0.5, 0.6) is 0 Å². The summed E-state index contributed by atoms with van der Waals surface area (Å²) in [5.74, 6) is -0.540. The van der Waals surface area contributed by atoms with Crippen LogP contribution in [0.3, 0.4) is 0 Å². The van der Waals surface area contributed by atoms with Gasteiger partial charge in [0, 0.05) is 24.2 Å². The van der Waals surface area contributed by atoms with Crippen LogP contribution in [0.2, 0.25) is 0 Å². The summed E-state index contributed by atoms with van der Waals surface area (Å²) in [5, 5.41) is 3.77. The number of amides is 2. The lowest BCUT2D eigenvalue weighted by Gasteiger charge is -2.18. The summed E-state index contributed by atoms with van der Waals surface area (Å²) < 4.78 is 0.892. The van der Waals surface area contributed by atoms with Crippen molar-refractivity contribution in [2.24, 2.45) is 5.92 Å². The molecular weight excluding hydrogens is 414 g/mol. The molecule has 1 saturated heterocycles. The number of benzene rings is 2. The molecule has 4 rings (SSSR count). The van der Waals surface area contributed by atoms with Gasteiger partial charge in [0.15, 0.2) is 4.34 Å². The van der Waals surface area contributed by atoms with Crippen molar-refractivity contribution < 1.29 is 9.59 Å². The predicted octanol–water partition coefficient (Wildman–Crippen LogP) is 5.14. The number of thiazole rings is 1. The molecule has 3 aromatic rings. The topological polar surface area (TPSA) is 62.3 Å². The minimum absolute atomic E-state index is 0.0178. The van der Waals surface area contributed by atoms with Crippen molar-refractivity contribution in [3.05, 3.63) is 59.7 Å². The second kappa shape index (κ2) is 8.62. The molecule has 0 bridgehead atoms.